The average molecular weight is 368 g/mol. The second-order valence-electron chi connectivity index (χ2n) is 6.17. The normalized spacial score (nSPS) is 15.2. The minimum atomic E-state index is -0.663. The summed E-state index contributed by atoms with van der Waals surface area (Å²) < 4.78 is 6.41. The molecule has 8 heteroatoms. The Bertz CT molecular complexity index is 912. The fraction of sp³-hybridized carbons (Fsp3) is 0.211. The average Bonchev–Trinajstić information content (AvgIpc) is 3.22. The molecule has 2 heterocycles. The van der Waals surface area contributed by atoms with Crippen LogP contribution in [0.4, 0.5) is 10.5 Å². The molecule has 1 aliphatic heterocycles. The van der Waals surface area contributed by atoms with Crippen molar-refractivity contribution in [1.29, 1.82) is 0 Å². The van der Waals surface area contributed by atoms with Gasteiger partial charge in [0.25, 0.3) is 5.91 Å². The number of imide groups is 1. The molecule has 1 aromatic carbocycles. The van der Waals surface area contributed by atoms with Crippen molar-refractivity contribution in [2.45, 2.75) is 0 Å². The zero-order valence-corrected chi connectivity index (χ0v) is 15.3. The number of hydrogen-bond donors (Lipinski definition) is 1. The summed E-state index contributed by atoms with van der Waals surface area (Å²) >= 11 is 0. The van der Waals surface area contributed by atoms with Crippen molar-refractivity contribution < 1.29 is 19.1 Å². The molecule has 1 fully saturated rings. The van der Waals surface area contributed by atoms with E-state index in [1.165, 1.54) is 7.11 Å². The maximum atomic E-state index is 12.4. The van der Waals surface area contributed by atoms with E-state index in [1.54, 1.807) is 6.08 Å². The molecular weight excluding hydrogens is 348 g/mol. The highest BCUT2D eigenvalue weighted by Gasteiger charge is 2.35. The van der Waals surface area contributed by atoms with Crippen LogP contribution in [0, 0.1) is 0 Å². The Labute approximate surface area is 156 Å². The van der Waals surface area contributed by atoms with E-state index >= 15 is 0 Å². The van der Waals surface area contributed by atoms with Gasteiger partial charge in [0.15, 0.2) is 0 Å². The van der Waals surface area contributed by atoms with Crippen LogP contribution in [-0.4, -0.2) is 55.1 Å². The largest absolute Gasteiger partial charge is 0.468 e. The molecule has 2 aromatic rings. The number of carbonyl (C=O) groups excluding carboxylic acids is 3. The fourth-order valence-electron chi connectivity index (χ4n) is 2.71. The number of urea groups is 1. The van der Waals surface area contributed by atoms with Gasteiger partial charge in [0.2, 0.25) is 0 Å². The molecule has 0 bridgehead atoms. The van der Waals surface area contributed by atoms with Gasteiger partial charge < -0.3 is 19.5 Å². The van der Waals surface area contributed by atoms with Gasteiger partial charge in [-0.1, -0.05) is 0 Å². The van der Waals surface area contributed by atoms with Gasteiger partial charge in [-0.15, -0.1) is 0 Å². The van der Waals surface area contributed by atoms with Crippen molar-refractivity contribution in [2.24, 2.45) is 0 Å². The minimum absolute atomic E-state index is 0.105. The zero-order valence-electron chi connectivity index (χ0n) is 15.3. The molecule has 3 amide bonds. The fourth-order valence-corrected chi connectivity index (χ4v) is 2.71. The van der Waals surface area contributed by atoms with Gasteiger partial charge in [-0.05, 0) is 42.5 Å². The number of nitrogens with zero attached hydrogens (tertiary/aromatic N) is 3. The Hall–Kier alpha value is -3.55. The maximum absolute atomic E-state index is 12.4. The third-order valence-electron chi connectivity index (χ3n) is 4.19. The van der Waals surface area contributed by atoms with Crippen LogP contribution in [-0.2, 0) is 14.3 Å². The first-order chi connectivity index (χ1) is 12.9. The number of hydrogen-bond acceptors (Lipinski definition) is 5. The molecule has 0 radical (unpaired) electrons. The highest BCUT2D eigenvalue weighted by atomic mass is 16.5. The number of esters is 1. The van der Waals surface area contributed by atoms with Crippen molar-refractivity contribution in [2.75, 3.05) is 32.6 Å². The lowest BCUT2D eigenvalue weighted by molar-refractivity contribution is -0.143. The Morgan fingerprint density at radius 2 is 1.89 bits per heavy atom. The third kappa shape index (κ3) is 3.69. The van der Waals surface area contributed by atoms with Gasteiger partial charge >= 0.3 is 12.0 Å². The molecule has 1 aliphatic rings. The molecule has 1 saturated heterocycles. The van der Waals surface area contributed by atoms with Crippen LogP contribution in [0.25, 0.3) is 11.8 Å². The van der Waals surface area contributed by atoms with Crippen LogP contribution in [0.2, 0.25) is 0 Å². The lowest BCUT2D eigenvalue weighted by Gasteiger charge is -2.14. The molecule has 1 aromatic heterocycles. The quantitative estimate of drug-likeness (QED) is 0.492. The maximum Gasteiger partial charge on any atom is 0.329 e. The number of ether oxygens (including phenoxy) is 1. The van der Waals surface area contributed by atoms with Gasteiger partial charge in [0, 0.05) is 37.4 Å². The van der Waals surface area contributed by atoms with Crippen LogP contribution in [0.5, 0.6) is 0 Å². The predicted molar refractivity (Wildman–Crippen MR) is 100 cm³/mol. The summed E-state index contributed by atoms with van der Waals surface area (Å²) in [4.78, 5) is 38.6. The first-order valence-corrected chi connectivity index (χ1v) is 8.27. The Morgan fingerprint density at radius 1 is 1.19 bits per heavy atom. The number of carbonyl (C=O) groups is 3. The standard InChI is InChI=1S/C19H20N4O4/c1-21(2)13-6-8-14(9-7-13)22-10-4-5-15(22)11-16-18(25)23(19(26)20-16)12-17(24)27-3/h4-11H,12H2,1-3H3,(H,20,26)/b16-11+. The lowest BCUT2D eigenvalue weighted by atomic mass is 10.2. The van der Waals surface area contributed by atoms with Crippen molar-refractivity contribution in [3.8, 4) is 5.69 Å². The second-order valence-corrected chi connectivity index (χ2v) is 6.17. The molecule has 0 saturated carbocycles. The van der Waals surface area contributed by atoms with Crippen LogP contribution in [0.3, 0.4) is 0 Å². The monoisotopic (exact) mass is 368 g/mol. The molecule has 27 heavy (non-hydrogen) atoms. The van der Waals surface area contributed by atoms with E-state index in [-0.39, 0.29) is 5.70 Å². The van der Waals surface area contributed by atoms with Gasteiger partial charge in [0.1, 0.15) is 12.2 Å². The van der Waals surface area contributed by atoms with E-state index in [1.807, 2.05) is 66.2 Å². The van der Waals surface area contributed by atoms with E-state index in [0.717, 1.165) is 22.0 Å². The number of benzene rings is 1. The summed E-state index contributed by atoms with van der Waals surface area (Å²) in [6, 6.07) is 10.9. The molecule has 0 atom stereocenters. The summed E-state index contributed by atoms with van der Waals surface area (Å²) in [5.41, 5.74) is 2.81. The van der Waals surface area contributed by atoms with Crippen LogP contribution in [0.1, 0.15) is 5.69 Å². The molecule has 140 valence electrons. The van der Waals surface area contributed by atoms with Crippen LogP contribution < -0.4 is 10.2 Å². The molecule has 0 spiro atoms. The number of anilines is 1. The van der Waals surface area contributed by atoms with Gasteiger partial charge in [0.05, 0.1) is 7.11 Å². The van der Waals surface area contributed by atoms with Crippen molar-refractivity contribution >= 4 is 29.7 Å². The summed E-state index contributed by atoms with van der Waals surface area (Å²) in [5, 5.41) is 2.49. The zero-order chi connectivity index (χ0) is 19.6. The van der Waals surface area contributed by atoms with Crippen LogP contribution in [0.15, 0.2) is 48.3 Å². The van der Waals surface area contributed by atoms with E-state index < -0.39 is 24.5 Å². The van der Waals surface area contributed by atoms with Gasteiger partial charge in [-0.3, -0.25) is 9.59 Å². The van der Waals surface area contributed by atoms with E-state index in [0.29, 0.717) is 0 Å². The summed E-state index contributed by atoms with van der Waals surface area (Å²) in [5.74, 6) is -1.23. The highest BCUT2D eigenvalue weighted by Crippen LogP contribution is 2.20. The highest BCUT2D eigenvalue weighted by molar-refractivity contribution is 6.15. The topological polar surface area (TPSA) is 83.9 Å². The number of aromatic nitrogens is 1. The SMILES string of the molecule is COC(=O)CN1C(=O)N/C(=C/c2cccn2-c2ccc(N(C)C)cc2)C1=O. The molecule has 1 N–H and O–H groups in total. The van der Waals surface area contributed by atoms with Gasteiger partial charge in [-0.25, -0.2) is 9.69 Å². The molecule has 3 rings (SSSR count). The third-order valence-corrected chi connectivity index (χ3v) is 4.19. The number of rotatable bonds is 5. The first kappa shape index (κ1) is 18.2. The first-order valence-electron chi connectivity index (χ1n) is 8.27. The molecule has 0 unspecified atom stereocenters. The minimum Gasteiger partial charge on any atom is -0.468 e. The summed E-state index contributed by atoms with van der Waals surface area (Å²) in [7, 11) is 5.13. The lowest BCUT2D eigenvalue weighted by Crippen LogP contribution is -2.36. The smallest absolute Gasteiger partial charge is 0.329 e. The van der Waals surface area contributed by atoms with Crippen molar-refractivity contribution in [1.82, 2.24) is 14.8 Å². The van der Waals surface area contributed by atoms with Crippen LogP contribution >= 0.6 is 0 Å². The molecule has 0 aliphatic carbocycles. The summed E-state index contributed by atoms with van der Waals surface area (Å²) in [6.45, 7) is -0.425. The summed E-state index contributed by atoms with van der Waals surface area (Å²) in [6.07, 6.45) is 3.45. The van der Waals surface area contributed by atoms with E-state index in [2.05, 4.69) is 10.1 Å². The van der Waals surface area contributed by atoms with Crippen molar-refractivity contribution in [3.63, 3.8) is 0 Å². The Morgan fingerprint density at radius 3 is 2.52 bits per heavy atom. The number of amides is 3. The Kier molecular flexibility index (Phi) is 4.98. The molecular formula is C19H20N4O4. The number of methoxy groups -OCH3 is 1. The van der Waals surface area contributed by atoms with Gasteiger partial charge in [-0.2, -0.15) is 0 Å². The van der Waals surface area contributed by atoms with Crippen molar-refractivity contribution in [3.05, 3.63) is 54.0 Å². The van der Waals surface area contributed by atoms with E-state index in [9.17, 15) is 14.4 Å². The Balaban J connectivity index is 1.87. The predicted octanol–water partition coefficient (Wildman–Crippen LogP) is 1.61. The number of nitrogens with one attached hydrogen (secondary N) is 1. The van der Waals surface area contributed by atoms with E-state index in [4.69, 9.17) is 0 Å². The molecule has 8 nitrogen and oxygen atoms in total. The second kappa shape index (κ2) is 7.36.